The third kappa shape index (κ3) is 2.03. The molecule has 0 aromatic heterocycles. The van der Waals surface area contributed by atoms with Crippen molar-refractivity contribution in [1.29, 1.82) is 0 Å². The molecule has 2 aliphatic rings. The summed E-state index contributed by atoms with van der Waals surface area (Å²) in [6.45, 7) is 5.48. The van der Waals surface area contributed by atoms with E-state index in [0.29, 0.717) is 0 Å². The molecule has 3 rings (SSSR count). The van der Waals surface area contributed by atoms with Crippen molar-refractivity contribution in [2.75, 3.05) is 6.61 Å². The van der Waals surface area contributed by atoms with Crippen LogP contribution in [-0.2, 0) is 12.0 Å². The SMILES string of the molecule is CC1CC(C)CC(N)(c2ccc3c(c2)CCO3)C1. The minimum Gasteiger partial charge on any atom is -0.493 e. The van der Waals surface area contributed by atoms with E-state index < -0.39 is 0 Å². The lowest BCUT2D eigenvalue weighted by atomic mass is 9.69. The van der Waals surface area contributed by atoms with E-state index in [2.05, 4.69) is 32.0 Å². The average Bonchev–Trinajstić information content (AvgIpc) is 2.73. The Morgan fingerprint density at radius 1 is 1.22 bits per heavy atom. The van der Waals surface area contributed by atoms with Gasteiger partial charge in [0, 0.05) is 12.0 Å². The van der Waals surface area contributed by atoms with Crippen LogP contribution >= 0.6 is 0 Å². The van der Waals surface area contributed by atoms with E-state index in [1.807, 2.05) is 0 Å². The molecule has 2 heteroatoms. The molecular weight excluding hydrogens is 222 g/mol. The van der Waals surface area contributed by atoms with Gasteiger partial charge in [0.25, 0.3) is 0 Å². The first-order chi connectivity index (χ1) is 8.57. The summed E-state index contributed by atoms with van der Waals surface area (Å²) in [5, 5.41) is 0. The quantitative estimate of drug-likeness (QED) is 0.824. The number of hydrogen-bond donors (Lipinski definition) is 1. The van der Waals surface area contributed by atoms with Gasteiger partial charge in [0.15, 0.2) is 0 Å². The molecule has 1 aromatic carbocycles. The maximum absolute atomic E-state index is 6.71. The number of benzene rings is 1. The lowest BCUT2D eigenvalue weighted by Gasteiger charge is -2.40. The summed E-state index contributed by atoms with van der Waals surface area (Å²) in [6.07, 6.45) is 4.56. The van der Waals surface area contributed by atoms with Crippen molar-refractivity contribution in [1.82, 2.24) is 0 Å². The standard InChI is InChI=1S/C16H23NO/c1-11-7-12(2)10-16(17,9-11)14-3-4-15-13(8-14)5-6-18-15/h3-4,8,11-12H,5-7,9-10,17H2,1-2H3. The lowest BCUT2D eigenvalue weighted by Crippen LogP contribution is -2.43. The van der Waals surface area contributed by atoms with Gasteiger partial charge < -0.3 is 10.5 Å². The molecule has 2 nitrogen and oxygen atoms in total. The molecule has 98 valence electrons. The van der Waals surface area contributed by atoms with Crippen LogP contribution in [0.5, 0.6) is 5.75 Å². The van der Waals surface area contributed by atoms with Gasteiger partial charge in [-0.2, -0.15) is 0 Å². The second-order valence-corrected chi connectivity index (χ2v) is 6.43. The summed E-state index contributed by atoms with van der Waals surface area (Å²) in [7, 11) is 0. The van der Waals surface area contributed by atoms with Crippen molar-refractivity contribution in [2.24, 2.45) is 17.6 Å². The highest BCUT2D eigenvalue weighted by Gasteiger charge is 2.36. The molecule has 1 heterocycles. The third-order valence-corrected chi connectivity index (χ3v) is 4.49. The van der Waals surface area contributed by atoms with E-state index in [1.165, 1.54) is 17.5 Å². The third-order valence-electron chi connectivity index (χ3n) is 4.49. The van der Waals surface area contributed by atoms with E-state index in [-0.39, 0.29) is 5.54 Å². The Morgan fingerprint density at radius 3 is 2.67 bits per heavy atom. The van der Waals surface area contributed by atoms with E-state index in [9.17, 15) is 0 Å². The van der Waals surface area contributed by atoms with Gasteiger partial charge in [0.05, 0.1) is 6.61 Å². The predicted molar refractivity (Wildman–Crippen MR) is 73.7 cm³/mol. The monoisotopic (exact) mass is 245 g/mol. The van der Waals surface area contributed by atoms with Crippen LogP contribution in [0.25, 0.3) is 0 Å². The molecule has 18 heavy (non-hydrogen) atoms. The maximum atomic E-state index is 6.71. The van der Waals surface area contributed by atoms with Gasteiger partial charge in [-0.25, -0.2) is 0 Å². The van der Waals surface area contributed by atoms with Gasteiger partial charge >= 0.3 is 0 Å². The largest absolute Gasteiger partial charge is 0.493 e. The van der Waals surface area contributed by atoms with Gasteiger partial charge in [0.2, 0.25) is 0 Å². The maximum Gasteiger partial charge on any atom is 0.122 e. The summed E-state index contributed by atoms with van der Waals surface area (Å²) in [6, 6.07) is 6.57. The van der Waals surface area contributed by atoms with Crippen molar-refractivity contribution >= 4 is 0 Å². The molecule has 1 fully saturated rings. The normalized spacial score (nSPS) is 35.1. The van der Waals surface area contributed by atoms with Crippen molar-refractivity contribution < 1.29 is 4.74 Å². The van der Waals surface area contributed by atoms with Gasteiger partial charge in [-0.15, -0.1) is 0 Å². The van der Waals surface area contributed by atoms with E-state index >= 15 is 0 Å². The first-order valence-electron chi connectivity index (χ1n) is 7.12. The number of nitrogens with two attached hydrogens (primary N) is 1. The van der Waals surface area contributed by atoms with Crippen molar-refractivity contribution in [3.05, 3.63) is 29.3 Å². The van der Waals surface area contributed by atoms with E-state index in [4.69, 9.17) is 10.5 Å². The molecule has 1 saturated carbocycles. The van der Waals surface area contributed by atoms with Gasteiger partial charge in [-0.3, -0.25) is 0 Å². The highest BCUT2D eigenvalue weighted by molar-refractivity contribution is 5.42. The summed E-state index contributed by atoms with van der Waals surface area (Å²) >= 11 is 0. The summed E-state index contributed by atoms with van der Waals surface area (Å²) in [5.41, 5.74) is 9.23. The van der Waals surface area contributed by atoms with Crippen LogP contribution < -0.4 is 10.5 Å². The molecule has 2 N–H and O–H groups in total. The minimum absolute atomic E-state index is 0.130. The van der Waals surface area contributed by atoms with Crippen LogP contribution in [0.15, 0.2) is 18.2 Å². The Labute approximate surface area is 110 Å². The Morgan fingerprint density at radius 2 is 1.94 bits per heavy atom. The minimum atomic E-state index is -0.130. The molecule has 2 atom stereocenters. The molecular formula is C16H23NO. The zero-order valence-corrected chi connectivity index (χ0v) is 11.4. The molecule has 0 spiro atoms. The second-order valence-electron chi connectivity index (χ2n) is 6.43. The van der Waals surface area contributed by atoms with Crippen LogP contribution in [0.2, 0.25) is 0 Å². The lowest BCUT2D eigenvalue weighted by molar-refractivity contribution is 0.183. The fraction of sp³-hybridized carbons (Fsp3) is 0.625. The summed E-state index contributed by atoms with van der Waals surface area (Å²) in [5.74, 6) is 2.51. The van der Waals surface area contributed by atoms with Crippen molar-refractivity contribution in [2.45, 2.75) is 45.1 Å². The van der Waals surface area contributed by atoms with Crippen molar-refractivity contribution in [3.63, 3.8) is 0 Å². The van der Waals surface area contributed by atoms with Gasteiger partial charge in [0.1, 0.15) is 5.75 Å². The van der Waals surface area contributed by atoms with Crippen LogP contribution in [-0.4, -0.2) is 6.61 Å². The molecule has 1 aliphatic heterocycles. The Bertz CT molecular complexity index is 444. The zero-order valence-electron chi connectivity index (χ0n) is 11.4. The van der Waals surface area contributed by atoms with Crippen molar-refractivity contribution in [3.8, 4) is 5.75 Å². The Kier molecular flexibility index (Phi) is 2.86. The first-order valence-corrected chi connectivity index (χ1v) is 7.12. The molecule has 2 unspecified atom stereocenters. The number of hydrogen-bond acceptors (Lipinski definition) is 2. The highest BCUT2D eigenvalue weighted by Crippen LogP contribution is 2.42. The topological polar surface area (TPSA) is 35.2 Å². The molecule has 1 aliphatic carbocycles. The second kappa shape index (κ2) is 4.27. The Balaban J connectivity index is 1.93. The van der Waals surface area contributed by atoms with Crippen LogP contribution in [0.4, 0.5) is 0 Å². The molecule has 0 saturated heterocycles. The molecule has 1 aromatic rings. The first kappa shape index (κ1) is 12.0. The van der Waals surface area contributed by atoms with E-state index in [1.54, 1.807) is 0 Å². The summed E-state index contributed by atoms with van der Waals surface area (Å²) in [4.78, 5) is 0. The van der Waals surface area contributed by atoms with Gasteiger partial charge in [-0.1, -0.05) is 26.0 Å². The van der Waals surface area contributed by atoms with E-state index in [0.717, 1.165) is 43.5 Å². The predicted octanol–water partition coefficient (Wildman–Crippen LogP) is 3.23. The number of rotatable bonds is 1. The molecule has 0 amide bonds. The Hall–Kier alpha value is -1.02. The fourth-order valence-electron chi connectivity index (χ4n) is 3.91. The zero-order chi connectivity index (χ0) is 12.8. The smallest absolute Gasteiger partial charge is 0.122 e. The average molecular weight is 245 g/mol. The number of ether oxygens (including phenoxy) is 1. The van der Waals surface area contributed by atoms with Crippen LogP contribution in [0, 0.1) is 11.8 Å². The fourth-order valence-corrected chi connectivity index (χ4v) is 3.91. The molecule has 0 radical (unpaired) electrons. The number of fused-ring (bicyclic) bond motifs is 1. The van der Waals surface area contributed by atoms with Crippen LogP contribution in [0.1, 0.15) is 44.2 Å². The van der Waals surface area contributed by atoms with Crippen LogP contribution in [0.3, 0.4) is 0 Å². The molecule has 0 bridgehead atoms. The summed E-state index contributed by atoms with van der Waals surface area (Å²) < 4.78 is 5.58. The van der Waals surface area contributed by atoms with Gasteiger partial charge in [-0.05, 0) is 48.3 Å². The highest BCUT2D eigenvalue weighted by atomic mass is 16.5.